The fourth-order valence-electron chi connectivity index (χ4n) is 4.43. The van der Waals surface area contributed by atoms with Gasteiger partial charge in [0.2, 0.25) is 11.8 Å². The lowest BCUT2D eigenvalue weighted by molar-refractivity contribution is -0.142. The molecular weight excluding hydrogens is 344 g/mol. The molecule has 0 unspecified atom stereocenters. The summed E-state index contributed by atoms with van der Waals surface area (Å²) in [6, 6.07) is 0. The Morgan fingerprint density at radius 1 is 1.26 bits per heavy atom. The zero-order chi connectivity index (χ0) is 19.0. The molecular formula is C20H28N4O3. The molecule has 2 saturated heterocycles. The molecule has 1 saturated carbocycles. The average Bonchev–Trinajstić information content (AvgIpc) is 3.45. The molecule has 0 radical (unpaired) electrons. The topological polar surface area (TPSA) is 86.4 Å². The maximum atomic E-state index is 12.6. The Morgan fingerprint density at radius 2 is 2.00 bits per heavy atom. The second kappa shape index (κ2) is 7.09. The van der Waals surface area contributed by atoms with Gasteiger partial charge in [-0.1, -0.05) is 0 Å². The lowest BCUT2D eigenvalue weighted by atomic mass is 9.72. The number of aromatic amines is 1. The van der Waals surface area contributed by atoms with Gasteiger partial charge in [-0.15, -0.1) is 0 Å². The Morgan fingerprint density at radius 3 is 2.67 bits per heavy atom. The highest BCUT2D eigenvalue weighted by atomic mass is 16.2. The molecule has 0 aromatic carbocycles. The average molecular weight is 372 g/mol. The Kier molecular flexibility index (Phi) is 4.78. The molecule has 0 bridgehead atoms. The number of carbonyl (C=O) groups is 2. The normalized spacial score (nSPS) is 22.3. The van der Waals surface area contributed by atoms with Crippen molar-refractivity contribution in [2.45, 2.75) is 51.9 Å². The van der Waals surface area contributed by atoms with Gasteiger partial charge in [-0.2, -0.15) is 0 Å². The van der Waals surface area contributed by atoms with Crippen molar-refractivity contribution >= 4 is 11.8 Å². The van der Waals surface area contributed by atoms with Crippen LogP contribution in [0.25, 0.3) is 0 Å². The van der Waals surface area contributed by atoms with Crippen molar-refractivity contribution in [2.75, 3.05) is 26.2 Å². The van der Waals surface area contributed by atoms with Crippen molar-refractivity contribution < 1.29 is 9.59 Å². The predicted octanol–water partition coefficient (Wildman–Crippen LogP) is 1.26. The molecule has 2 aliphatic heterocycles. The van der Waals surface area contributed by atoms with Gasteiger partial charge in [-0.05, 0) is 50.4 Å². The summed E-state index contributed by atoms with van der Waals surface area (Å²) < 4.78 is 0. The number of rotatable bonds is 4. The van der Waals surface area contributed by atoms with Crippen molar-refractivity contribution in [1.82, 2.24) is 19.8 Å². The SMILES string of the molecule is Cc1ncc(CC(=O)N2CCC3(CCC(=O)N(CC4CC4)C3)CC2)c(=O)[nH]1. The molecule has 7 heteroatoms. The molecule has 1 aliphatic carbocycles. The van der Waals surface area contributed by atoms with Crippen LogP contribution in [0.4, 0.5) is 0 Å². The van der Waals surface area contributed by atoms with Gasteiger partial charge in [0, 0.05) is 44.4 Å². The van der Waals surface area contributed by atoms with Crippen LogP contribution in [0.1, 0.15) is 49.9 Å². The highest BCUT2D eigenvalue weighted by molar-refractivity contribution is 5.79. The van der Waals surface area contributed by atoms with E-state index in [4.69, 9.17) is 0 Å². The fraction of sp³-hybridized carbons (Fsp3) is 0.700. The first kappa shape index (κ1) is 18.2. The van der Waals surface area contributed by atoms with Gasteiger partial charge in [-0.3, -0.25) is 14.4 Å². The quantitative estimate of drug-likeness (QED) is 0.862. The molecule has 27 heavy (non-hydrogen) atoms. The van der Waals surface area contributed by atoms with Crippen LogP contribution in [0.15, 0.2) is 11.0 Å². The molecule has 4 rings (SSSR count). The molecule has 1 aromatic heterocycles. The number of amides is 2. The van der Waals surface area contributed by atoms with E-state index >= 15 is 0 Å². The molecule has 1 aromatic rings. The minimum Gasteiger partial charge on any atom is -0.342 e. The number of aromatic nitrogens is 2. The molecule has 3 aliphatic rings. The van der Waals surface area contributed by atoms with Gasteiger partial charge in [0.25, 0.3) is 5.56 Å². The Hall–Kier alpha value is -2.18. The standard InChI is InChI=1S/C20H28N4O3/c1-14-21-11-16(19(27)22-14)10-18(26)23-8-6-20(7-9-23)5-4-17(25)24(13-20)12-15-2-3-15/h11,15H,2-10,12-13H2,1H3,(H,21,22,27). The third-order valence-corrected chi connectivity index (χ3v) is 6.44. The number of nitrogens with zero attached hydrogens (tertiary/aromatic N) is 3. The Bertz CT molecular complexity index is 791. The molecule has 1 spiro atoms. The van der Waals surface area contributed by atoms with E-state index in [-0.39, 0.29) is 23.3 Å². The number of nitrogens with one attached hydrogen (secondary N) is 1. The van der Waals surface area contributed by atoms with E-state index in [1.54, 1.807) is 6.92 Å². The summed E-state index contributed by atoms with van der Waals surface area (Å²) in [5.74, 6) is 1.56. The Balaban J connectivity index is 1.34. The van der Waals surface area contributed by atoms with Gasteiger partial charge in [-0.25, -0.2) is 4.98 Å². The van der Waals surface area contributed by atoms with E-state index in [0.717, 1.165) is 32.4 Å². The Labute approximate surface area is 159 Å². The van der Waals surface area contributed by atoms with Crippen LogP contribution < -0.4 is 5.56 Å². The summed E-state index contributed by atoms with van der Waals surface area (Å²) in [7, 11) is 0. The van der Waals surface area contributed by atoms with E-state index in [2.05, 4.69) is 14.9 Å². The first-order valence-corrected chi connectivity index (χ1v) is 10.0. The number of piperidine rings is 2. The molecule has 1 N–H and O–H groups in total. The van der Waals surface area contributed by atoms with E-state index in [1.807, 2.05) is 4.90 Å². The highest BCUT2D eigenvalue weighted by Crippen LogP contribution is 2.41. The minimum atomic E-state index is -0.231. The lowest BCUT2D eigenvalue weighted by Crippen LogP contribution is -2.53. The van der Waals surface area contributed by atoms with Crippen LogP contribution >= 0.6 is 0 Å². The third-order valence-electron chi connectivity index (χ3n) is 6.44. The van der Waals surface area contributed by atoms with Crippen molar-refractivity contribution in [3.63, 3.8) is 0 Å². The highest BCUT2D eigenvalue weighted by Gasteiger charge is 2.42. The van der Waals surface area contributed by atoms with Crippen molar-refractivity contribution in [1.29, 1.82) is 0 Å². The fourth-order valence-corrected chi connectivity index (χ4v) is 4.43. The predicted molar refractivity (Wildman–Crippen MR) is 100 cm³/mol. The molecule has 2 amide bonds. The van der Waals surface area contributed by atoms with Crippen LogP contribution in [-0.2, 0) is 16.0 Å². The number of hydrogen-bond donors (Lipinski definition) is 1. The summed E-state index contributed by atoms with van der Waals surface area (Å²) in [5.41, 5.74) is 0.359. The maximum absolute atomic E-state index is 12.6. The van der Waals surface area contributed by atoms with Crippen molar-refractivity contribution in [2.24, 2.45) is 11.3 Å². The van der Waals surface area contributed by atoms with E-state index in [9.17, 15) is 14.4 Å². The summed E-state index contributed by atoms with van der Waals surface area (Å²) in [5, 5.41) is 0. The molecule has 3 fully saturated rings. The minimum absolute atomic E-state index is 0.0114. The molecule has 146 valence electrons. The molecule has 7 nitrogen and oxygen atoms in total. The van der Waals surface area contributed by atoms with Crippen LogP contribution in [0.5, 0.6) is 0 Å². The van der Waals surface area contributed by atoms with Crippen LogP contribution in [-0.4, -0.2) is 57.8 Å². The monoisotopic (exact) mass is 372 g/mol. The molecule has 3 heterocycles. The summed E-state index contributed by atoms with van der Waals surface area (Å²) in [6.45, 7) is 4.92. The van der Waals surface area contributed by atoms with Crippen LogP contribution in [0, 0.1) is 18.3 Å². The van der Waals surface area contributed by atoms with Crippen molar-refractivity contribution in [3.05, 3.63) is 27.9 Å². The summed E-state index contributed by atoms with van der Waals surface area (Å²) in [6.07, 6.45) is 7.58. The van der Waals surface area contributed by atoms with Gasteiger partial charge >= 0.3 is 0 Å². The number of carbonyl (C=O) groups excluding carboxylic acids is 2. The zero-order valence-corrected chi connectivity index (χ0v) is 16.0. The number of H-pyrrole nitrogens is 1. The second-order valence-electron chi connectivity index (χ2n) is 8.60. The second-order valence-corrected chi connectivity index (χ2v) is 8.60. The van der Waals surface area contributed by atoms with Gasteiger partial charge in [0.1, 0.15) is 5.82 Å². The maximum Gasteiger partial charge on any atom is 0.254 e. The largest absolute Gasteiger partial charge is 0.342 e. The first-order valence-electron chi connectivity index (χ1n) is 10.0. The van der Waals surface area contributed by atoms with E-state index < -0.39 is 0 Å². The summed E-state index contributed by atoms with van der Waals surface area (Å²) >= 11 is 0. The van der Waals surface area contributed by atoms with Gasteiger partial charge < -0.3 is 14.8 Å². The summed E-state index contributed by atoms with van der Waals surface area (Å²) in [4.78, 5) is 47.5. The first-order chi connectivity index (χ1) is 12.9. The van der Waals surface area contributed by atoms with Gasteiger partial charge in [0.15, 0.2) is 0 Å². The molecule has 0 atom stereocenters. The van der Waals surface area contributed by atoms with Crippen LogP contribution in [0.3, 0.4) is 0 Å². The lowest BCUT2D eigenvalue weighted by Gasteiger charge is -2.47. The van der Waals surface area contributed by atoms with Crippen LogP contribution in [0.2, 0.25) is 0 Å². The third kappa shape index (κ3) is 4.06. The smallest absolute Gasteiger partial charge is 0.254 e. The number of hydrogen-bond acceptors (Lipinski definition) is 4. The number of aryl methyl sites for hydroxylation is 1. The van der Waals surface area contributed by atoms with E-state index in [1.165, 1.54) is 19.0 Å². The van der Waals surface area contributed by atoms with Gasteiger partial charge in [0.05, 0.1) is 6.42 Å². The number of likely N-dealkylation sites (tertiary alicyclic amines) is 2. The zero-order valence-electron chi connectivity index (χ0n) is 16.0. The van der Waals surface area contributed by atoms with E-state index in [0.29, 0.717) is 42.7 Å². The van der Waals surface area contributed by atoms with Crippen molar-refractivity contribution in [3.8, 4) is 0 Å².